The van der Waals surface area contributed by atoms with E-state index in [1.165, 1.54) is 18.2 Å². The molecule has 0 saturated heterocycles. The molecule has 0 N–H and O–H groups in total. The van der Waals surface area contributed by atoms with Crippen LogP contribution in [0, 0.1) is 5.82 Å². The lowest BCUT2D eigenvalue weighted by atomic mass is 9.76. The van der Waals surface area contributed by atoms with E-state index < -0.39 is 17.7 Å². The molecule has 0 radical (unpaired) electrons. The number of methoxy groups -OCH3 is 2. The van der Waals surface area contributed by atoms with Crippen molar-refractivity contribution in [2.24, 2.45) is 0 Å². The van der Waals surface area contributed by atoms with Crippen LogP contribution in [0.3, 0.4) is 0 Å². The van der Waals surface area contributed by atoms with E-state index in [4.69, 9.17) is 18.9 Å². The summed E-state index contributed by atoms with van der Waals surface area (Å²) in [7, 11) is 3.17. The molecular weight excluding hydrogens is 439 g/mol. The minimum atomic E-state index is -0.761. The molecule has 2 aromatic rings. The van der Waals surface area contributed by atoms with E-state index in [2.05, 4.69) is 0 Å². The molecule has 0 fully saturated rings. The van der Waals surface area contributed by atoms with Gasteiger partial charge in [-0.15, -0.1) is 0 Å². The molecule has 0 saturated carbocycles. The van der Waals surface area contributed by atoms with Gasteiger partial charge in [0.1, 0.15) is 23.4 Å². The summed E-state index contributed by atoms with van der Waals surface area (Å²) < 4.78 is 36.7. The monoisotopic (exact) mass is 464 g/mol. The Balaban J connectivity index is 1.75. The number of ketones is 2. The van der Waals surface area contributed by atoms with Crippen molar-refractivity contribution < 1.29 is 32.9 Å². The van der Waals surface area contributed by atoms with Crippen molar-refractivity contribution in [3.05, 3.63) is 75.6 Å². The predicted molar refractivity (Wildman–Crippen MR) is 122 cm³/mol. The topological polar surface area (TPSA) is 71.1 Å². The molecule has 2 aromatic carbocycles. The maximum absolute atomic E-state index is 13.6. The molecule has 2 aliphatic heterocycles. The molecule has 0 aromatic heterocycles. The van der Waals surface area contributed by atoms with Gasteiger partial charge in [-0.2, -0.15) is 0 Å². The van der Waals surface area contributed by atoms with Crippen molar-refractivity contribution in [3.8, 4) is 11.5 Å². The van der Waals surface area contributed by atoms with Crippen LogP contribution < -0.4 is 9.47 Å². The Morgan fingerprint density at radius 1 is 1.03 bits per heavy atom. The largest absolute Gasteiger partial charge is 0.496 e. The first-order chi connectivity index (χ1) is 16.4. The summed E-state index contributed by atoms with van der Waals surface area (Å²) in [5.74, 6) is -0.365. The number of Topliss-reactive ketones (excluding diaryl/α,β-unsaturated/α-hetero) is 1. The van der Waals surface area contributed by atoms with E-state index in [-0.39, 0.29) is 11.9 Å². The first-order valence-electron chi connectivity index (χ1n) is 11.2. The van der Waals surface area contributed by atoms with Gasteiger partial charge in [0.2, 0.25) is 11.6 Å². The number of ether oxygens (including phenoxy) is 4. The van der Waals surface area contributed by atoms with E-state index in [1.54, 1.807) is 32.4 Å². The molecule has 2 atom stereocenters. The fourth-order valence-corrected chi connectivity index (χ4v) is 5.09. The molecule has 3 aliphatic rings. The average Bonchev–Trinajstić information content (AvgIpc) is 2.85. The Kier molecular flexibility index (Phi) is 5.83. The van der Waals surface area contributed by atoms with Crippen LogP contribution in [0.1, 0.15) is 41.7 Å². The molecule has 0 bridgehead atoms. The number of hydrogen-bond acceptors (Lipinski definition) is 6. The maximum Gasteiger partial charge on any atom is 0.232 e. The van der Waals surface area contributed by atoms with Crippen LogP contribution in [0.2, 0.25) is 0 Å². The number of carbonyl (C=O) groups excluding carboxylic acids is 2. The Morgan fingerprint density at radius 2 is 1.76 bits per heavy atom. The second kappa shape index (κ2) is 8.81. The van der Waals surface area contributed by atoms with Crippen LogP contribution in [-0.2, 0) is 32.1 Å². The van der Waals surface area contributed by atoms with Crippen LogP contribution in [0.15, 0.2) is 47.6 Å². The predicted octanol–water partition coefficient (Wildman–Crippen LogP) is 4.30. The lowest BCUT2D eigenvalue weighted by Gasteiger charge is -2.36. The number of hydrogen-bond donors (Lipinski definition) is 0. The van der Waals surface area contributed by atoms with Crippen molar-refractivity contribution in [1.29, 1.82) is 0 Å². The molecular formula is C27H25FO6. The fourth-order valence-electron chi connectivity index (χ4n) is 5.09. The van der Waals surface area contributed by atoms with Crippen molar-refractivity contribution in [2.45, 2.75) is 38.6 Å². The van der Waals surface area contributed by atoms with Gasteiger partial charge in [0.15, 0.2) is 0 Å². The third-order valence-electron chi connectivity index (χ3n) is 6.61. The SMILES string of the molecule is COc1cc(OC)c(C2=CC(=O)C(=O)C3=C2CC(C)OC3c2ccc(F)cc2)c2c1COCC2. The minimum Gasteiger partial charge on any atom is -0.496 e. The van der Waals surface area contributed by atoms with Crippen LogP contribution >= 0.6 is 0 Å². The highest BCUT2D eigenvalue weighted by Crippen LogP contribution is 2.49. The van der Waals surface area contributed by atoms with Gasteiger partial charge in [0, 0.05) is 22.8 Å². The Hall–Kier alpha value is -3.29. The first kappa shape index (κ1) is 22.5. The highest BCUT2D eigenvalue weighted by atomic mass is 19.1. The van der Waals surface area contributed by atoms with Crippen molar-refractivity contribution in [3.63, 3.8) is 0 Å². The van der Waals surface area contributed by atoms with E-state index in [1.807, 2.05) is 6.92 Å². The zero-order chi connectivity index (χ0) is 24.0. The summed E-state index contributed by atoms with van der Waals surface area (Å²) in [6, 6.07) is 7.63. The van der Waals surface area contributed by atoms with E-state index in [0.717, 1.165) is 22.3 Å². The summed E-state index contributed by atoms with van der Waals surface area (Å²) >= 11 is 0. The second-order valence-corrected chi connectivity index (χ2v) is 8.64. The average molecular weight is 464 g/mol. The zero-order valence-electron chi connectivity index (χ0n) is 19.3. The number of rotatable bonds is 4. The summed E-state index contributed by atoms with van der Waals surface area (Å²) in [5, 5.41) is 0. The zero-order valence-corrected chi connectivity index (χ0v) is 19.3. The molecule has 1 aliphatic carbocycles. The Morgan fingerprint density at radius 3 is 2.47 bits per heavy atom. The van der Waals surface area contributed by atoms with Gasteiger partial charge in [-0.05, 0) is 60.2 Å². The molecule has 0 amide bonds. The maximum atomic E-state index is 13.6. The van der Waals surface area contributed by atoms with Crippen LogP contribution in [0.4, 0.5) is 4.39 Å². The molecule has 0 spiro atoms. The van der Waals surface area contributed by atoms with Crippen molar-refractivity contribution in [2.75, 3.05) is 20.8 Å². The van der Waals surface area contributed by atoms with Gasteiger partial charge >= 0.3 is 0 Å². The van der Waals surface area contributed by atoms with Gasteiger partial charge in [-0.25, -0.2) is 4.39 Å². The van der Waals surface area contributed by atoms with Crippen molar-refractivity contribution >= 4 is 17.1 Å². The van der Waals surface area contributed by atoms with Crippen molar-refractivity contribution in [1.82, 2.24) is 0 Å². The lowest BCUT2D eigenvalue weighted by Crippen LogP contribution is -2.33. The van der Waals surface area contributed by atoms with E-state index >= 15 is 0 Å². The number of fused-ring (bicyclic) bond motifs is 1. The third kappa shape index (κ3) is 3.65. The van der Waals surface area contributed by atoms with Gasteiger partial charge in [-0.1, -0.05) is 12.1 Å². The molecule has 6 nitrogen and oxygen atoms in total. The molecule has 34 heavy (non-hydrogen) atoms. The van der Waals surface area contributed by atoms with Gasteiger partial charge in [0.25, 0.3) is 0 Å². The number of benzene rings is 2. The third-order valence-corrected chi connectivity index (χ3v) is 6.61. The highest BCUT2D eigenvalue weighted by Gasteiger charge is 2.41. The highest BCUT2D eigenvalue weighted by molar-refractivity contribution is 6.50. The summed E-state index contributed by atoms with van der Waals surface area (Å²) in [6.45, 7) is 2.84. The Labute approximate surface area is 197 Å². The molecule has 7 heteroatoms. The smallest absolute Gasteiger partial charge is 0.232 e. The van der Waals surface area contributed by atoms with Crippen LogP contribution in [0.25, 0.3) is 5.57 Å². The Bertz CT molecular complexity index is 1240. The van der Waals surface area contributed by atoms with E-state index in [0.29, 0.717) is 54.3 Å². The number of carbonyl (C=O) groups is 2. The lowest BCUT2D eigenvalue weighted by molar-refractivity contribution is -0.133. The quantitative estimate of drug-likeness (QED) is 0.497. The fraction of sp³-hybridized carbons (Fsp3) is 0.333. The van der Waals surface area contributed by atoms with Crippen LogP contribution in [-0.4, -0.2) is 38.5 Å². The summed E-state index contributed by atoms with van der Waals surface area (Å²) in [4.78, 5) is 26.1. The molecule has 176 valence electrons. The van der Waals surface area contributed by atoms with Gasteiger partial charge < -0.3 is 18.9 Å². The van der Waals surface area contributed by atoms with E-state index in [9.17, 15) is 14.0 Å². The minimum absolute atomic E-state index is 0.221. The molecule has 2 heterocycles. The van der Waals surface area contributed by atoms with Gasteiger partial charge in [-0.3, -0.25) is 9.59 Å². The molecule has 5 rings (SSSR count). The molecule has 2 unspecified atom stereocenters. The second-order valence-electron chi connectivity index (χ2n) is 8.64. The van der Waals surface area contributed by atoms with Crippen LogP contribution in [0.5, 0.6) is 11.5 Å². The number of halogens is 1. The summed E-state index contributed by atoms with van der Waals surface area (Å²) in [6.07, 6.45) is 1.51. The summed E-state index contributed by atoms with van der Waals surface area (Å²) in [5.41, 5.74) is 5.04. The van der Waals surface area contributed by atoms with Gasteiger partial charge in [0.05, 0.1) is 33.5 Å². The number of allylic oxidation sites excluding steroid dienone is 2. The first-order valence-corrected chi connectivity index (χ1v) is 11.2. The normalized spacial score (nSPS) is 22.2. The standard InChI is InChI=1S/C27H25FO6/c1-14-10-18-19(24-17-8-9-33-13-20(17)22(31-2)12-23(24)32-3)11-21(29)26(30)25(18)27(34-14)15-4-6-16(28)7-5-15/h4-7,11-12,14,27H,8-10,13H2,1-3H3.